The van der Waals surface area contributed by atoms with Crippen LogP contribution < -0.4 is 5.32 Å². The maximum Gasteiger partial charge on any atom is 0.228 e. The van der Waals surface area contributed by atoms with E-state index >= 15 is 0 Å². The van der Waals surface area contributed by atoms with Crippen LogP contribution in [0.3, 0.4) is 0 Å². The van der Waals surface area contributed by atoms with E-state index in [1.807, 2.05) is 26.0 Å². The minimum atomic E-state index is 0.00101. The third-order valence-corrected chi connectivity index (χ3v) is 4.79. The first kappa shape index (κ1) is 18.2. The van der Waals surface area contributed by atoms with Crippen molar-refractivity contribution >= 4 is 28.3 Å². The number of aromatic nitrogens is 4. The number of anilines is 1. The number of nitrogens with one attached hydrogen (secondary N) is 1. The lowest BCUT2D eigenvalue weighted by Crippen LogP contribution is -2.14. The van der Waals surface area contributed by atoms with Gasteiger partial charge in [-0.25, -0.2) is 4.98 Å². The Morgan fingerprint density at radius 1 is 1.07 bits per heavy atom. The van der Waals surface area contributed by atoms with E-state index in [0.717, 1.165) is 35.6 Å². The zero-order chi connectivity index (χ0) is 19.7. The molecule has 1 saturated carbocycles. The van der Waals surface area contributed by atoms with E-state index in [1.165, 1.54) is 0 Å². The van der Waals surface area contributed by atoms with E-state index in [1.54, 1.807) is 18.5 Å². The van der Waals surface area contributed by atoms with Gasteiger partial charge in [-0.05, 0) is 49.9 Å². The molecule has 0 bridgehead atoms. The number of aryl methyl sites for hydroxylation is 1. The molecule has 4 rings (SSSR count). The molecule has 0 unspecified atom stereocenters. The molecule has 142 valence electrons. The van der Waals surface area contributed by atoms with Gasteiger partial charge in [-0.3, -0.25) is 14.6 Å². The number of rotatable bonds is 6. The first-order chi connectivity index (χ1) is 13.5. The van der Waals surface area contributed by atoms with E-state index in [-0.39, 0.29) is 17.6 Å². The van der Waals surface area contributed by atoms with Crippen LogP contribution in [0.1, 0.15) is 48.7 Å². The molecule has 7 heteroatoms. The highest BCUT2D eigenvalue weighted by Crippen LogP contribution is 2.30. The second-order valence-corrected chi connectivity index (χ2v) is 7.18. The van der Waals surface area contributed by atoms with Gasteiger partial charge < -0.3 is 5.32 Å². The Kier molecular flexibility index (Phi) is 4.81. The van der Waals surface area contributed by atoms with Gasteiger partial charge in [0, 0.05) is 35.5 Å². The second kappa shape index (κ2) is 7.42. The van der Waals surface area contributed by atoms with E-state index in [2.05, 4.69) is 25.5 Å². The van der Waals surface area contributed by atoms with Gasteiger partial charge in [0.05, 0.1) is 5.69 Å². The van der Waals surface area contributed by atoms with Gasteiger partial charge in [0.2, 0.25) is 5.91 Å². The number of carbonyl (C=O) groups is 2. The molecule has 28 heavy (non-hydrogen) atoms. The van der Waals surface area contributed by atoms with Crippen LogP contribution in [0, 0.1) is 12.8 Å². The van der Waals surface area contributed by atoms with Crippen molar-refractivity contribution in [3.8, 4) is 11.4 Å². The van der Waals surface area contributed by atoms with Crippen LogP contribution in [-0.2, 0) is 4.79 Å². The molecule has 1 aliphatic rings. The fraction of sp³-hybridized carbons (Fsp3) is 0.333. The average Bonchev–Trinajstić information content (AvgIpc) is 3.53. The molecule has 0 saturated heterocycles. The normalized spacial score (nSPS) is 13.5. The minimum Gasteiger partial charge on any atom is -0.310 e. The van der Waals surface area contributed by atoms with Crippen molar-refractivity contribution in [3.05, 3.63) is 41.9 Å². The SMILES string of the molecule is CCCC(=O)c1cc(C)c(-c2cc3cnc(NC(=O)C4CC4)cc3cn2)nn1. The highest BCUT2D eigenvalue weighted by molar-refractivity contribution is 5.96. The van der Waals surface area contributed by atoms with E-state index in [0.29, 0.717) is 29.3 Å². The molecule has 0 aliphatic heterocycles. The summed E-state index contributed by atoms with van der Waals surface area (Å²) in [5.41, 5.74) is 2.55. The number of nitrogens with zero attached hydrogens (tertiary/aromatic N) is 4. The molecule has 3 heterocycles. The lowest BCUT2D eigenvalue weighted by Gasteiger charge is -2.08. The van der Waals surface area contributed by atoms with Crippen LogP contribution >= 0.6 is 0 Å². The molecule has 0 spiro atoms. The maximum absolute atomic E-state index is 12.0. The van der Waals surface area contributed by atoms with Gasteiger partial charge in [-0.1, -0.05) is 6.92 Å². The average molecular weight is 375 g/mol. The Morgan fingerprint density at radius 3 is 2.54 bits per heavy atom. The summed E-state index contributed by atoms with van der Waals surface area (Å²) in [4.78, 5) is 32.7. The Hall–Kier alpha value is -3.22. The molecule has 3 aromatic rings. The Balaban J connectivity index is 1.60. The third-order valence-electron chi connectivity index (χ3n) is 4.79. The number of carbonyl (C=O) groups excluding carboxylic acids is 2. The van der Waals surface area contributed by atoms with Crippen molar-refractivity contribution in [2.75, 3.05) is 5.32 Å². The van der Waals surface area contributed by atoms with Gasteiger partial charge >= 0.3 is 0 Å². The largest absolute Gasteiger partial charge is 0.310 e. The van der Waals surface area contributed by atoms with Crippen molar-refractivity contribution < 1.29 is 9.59 Å². The van der Waals surface area contributed by atoms with Crippen LogP contribution in [0.25, 0.3) is 22.2 Å². The zero-order valence-electron chi connectivity index (χ0n) is 15.9. The third kappa shape index (κ3) is 3.74. The predicted octanol–water partition coefficient (Wildman–Crippen LogP) is 3.73. The van der Waals surface area contributed by atoms with E-state index in [9.17, 15) is 9.59 Å². The van der Waals surface area contributed by atoms with Crippen molar-refractivity contribution in [1.29, 1.82) is 0 Å². The number of amides is 1. The molecule has 7 nitrogen and oxygen atoms in total. The van der Waals surface area contributed by atoms with Gasteiger partial charge in [0.25, 0.3) is 0 Å². The molecular formula is C21H21N5O2. The van der Waals surface area contributed by atoms with Crippen molar-refractivity contribution in [2.24, 2.45) is 5.92 Å². The number of hydrogen-bond acceptors (Lipinski definition) is 6. The fourth-order valence-electron chi connectivity index (χ4n) is 3.04. The highest BCUT2D eigenvalue weighted by Gasteiger charge is 2.29. The van der Waals surface area contributed by atoms with Crippen LogP contribution in [0.4, 0.5) is 5.82 Å². The van der Waals surface area contributed by atoms with Crippen LogP contribution in [0.15, 0.2) is 30.6 Å². The molecule has 0 radical (unpaired) electrons. The number of Topliss-reactive ketones (excluding diaryl/α,β-unsaturated/α-hetero) is 1. The number of ketones is 1. The summed E-state index contributed by atoms with van der Waals surface area (Å²) >= 11 is 0. The smallest absolute Gasteiger partial charge is 0.228 e. The van der Waals surface area contributed by atoms with Crippen molar-refractivity contribution in [1.82, 2.24) is 20.2 Å². The molecule has 1 N–H and O–H groups in total. The molecule has 1 aliphatic carbocycles. The summed E-state index contributed by atoms with van der Waals surface area (Å²) in [5.74, 6) is 0.696. The van der Waals surface area contributed by atoms with Gasteiger partial charge in [0.1, 0.15) is 17.2 Å². The Labute approximate surface area is 162 Å². The summed E-state index contributed by atoms with van der Waals surface area (Å²) < 4.78 is 0. The van der Waals surface area contributed by atoms with Crippen LogP contribution in [-0.4, -0.2) is 31.9 Å². The molecule has 0 aromatic carbocycles. The first-order valence-corrected chi connectivity index (χ1v) is 9.49. The number of hydrogen-bond donors (Lipinski definition) is 1. The summed E-state index contributed by atoms with van der Waals surface area (Å²) in [6.07, 6.45) is 6.60. The van der Waals surface area contributed by atoms with Crippen molar-refractivity contribution in [3.63, 3.8) is 0 Å². The van der Waals surface area contributed by atoms with E-state index < -0.39 is 0 Å². The van der Waals surface area contributed by atoms with Crippen LogP contribution in [0.5, 0.6) is 0 Å². The number of fused-ring (bicyclic) bond motifs is 1. The predicted molar refractivity (Wildman–Crippen MR) is 106 cm³/mol. The monoisotopic (exact) mass is 375 g/mol. The topological polar surface area (TPSA) is 97.7 Å². The van der Waals surface area contributed by atoms with Gasteiger partial charge in [0.15, 0.2) is 5.78 Å². The second-order valence-electron chi connectivity index (χ2n) is 7.18. The quantitative estimate of drug-likeness (QED) is 0.659. The number of pyridine rings is 2. The zero-order valence-corrected chi connectivity index (χ0v) is 15.9. The lowest BCUT2D eigenvalue weighted by atomic mass is 10.1. The lowest BCUT2D eigenvalue weighted by molar-refractivity contribution is -0.117. The fourth-order valence-corrected chi connectivity index (χ4v) is 3.04. The summed E-state index contributed by atoms with van der Waals surface area (Å²) in [6.45, 7) is 3.86. The first-order valence-electron chi connectivity index (χ1n) is 9.49. The standard InChI is InChI=1S/C21H21N5O2/c1-3-4-18(27)16-7-12(2)20(26-25-16)17-8-14-11-23-19(9-15(14)10-22-17)24-21(28)13-5-6-13/h7-11,13H,3-6H2,1-2H3,(H,23,24,28). The molecule has 3 aromatic heterocycles. The van der Waals surface area contributed by atoms with E-state index in [4.69, 9.17) is 0 Å². The Bertz CT molecular complexity index is 1080. The highest BCUT2D eigenvalue weighted by atomic mass is 16.2. The Morgan fingerprint density at radius 2 is 1.82 bits per heavy atom. The molecule has 1 amide bonds. The van der Waals surface area contributed by atoms with Gasteiger partial charge in [-0.2, -0.15) is 0 Å². The molecule has 0 atom stereocenters. The molecular weight excluding hydrogens is 354 g/mol. The summed E-state index contributed by atoms with van der Waals surface area (Å²) in [5, 5.41) is 12.9. The van der Waals surface area contributed by atoms with Gasteiger partial charge in [-0.15, -0.1) is 10.2 Å². The summed E-state index contributed by atoms with van der Waals surface area (Å²) in [6, 6.07) is 5.47. The summed E-state index contributed by atoms with van der Waals surface area (Å²) in [7, 11) is 0. The van der Waals surface area contributed by atoms with Crippen molar-refractivity contribution in [2.45, 2.75) is 39.5 Å². The maximum atomic E-state index is 12.0. The minimum absolute atomic E-state index is 0.00101. The van der Waals surface area contributed by atoms with Crippen LogP contribution in [0.2, 0.25) is 0 Å². The molecule has 1 fully saturated rings.